The smallest absolute Gasteiger partial charge is 0.325 e. The third kappa shape index (κ3) is 4.74. The lowest BCUT2D eigenvalue weighted by Crippen LogP contribution is -2.47. The van der Waals surface area contributed by atoms with Crippen LogP contribution in [0.2, 0.25) is 0 Å². The Labute approximate surface area is 188 Å². The Hall–Kier alpha value is -3.41. The molecule has 1 aliphatic heterocycles. The zero-order chi connectivity index (χ0) is 22.4. The van der Waals surface area contributed by atoms with Crippen LogP contribution in [0.25, 0.3) is 0 Å². The number of allylic oxidation sites excluding steroid dienone is 1. The lowest BCUT2D eigenvalue weighted by Gasteiger charge is -2.27. The van der Waals surface area contributed by atoms with Gasteiger partial charge >= 0.3 is 6.03 Å². The maximum absolute atomic E-state index is 13.6. The van der Waals surface area contributed by atoms with E-state index in [0.29, 0.717) is 18.5 Å². The van der Waals surface area contributed by atoms with E-state index in [9.17, 15) is 14.4 Å². The second kappa shape index (κ2) is 9.81. The Kier molecular flexibility index (Phi) is 6.69. The number of nitrogens with zero attached hydrogens (tertiary/aromatic N) is 1. The molecule has 0 aromatic heterocycles. The number of hydrogen-bond acceptors (Lipinski definition) is 3. The molecule has 6 nitrogen and oxygen atoms in total. The quantitative estimate of drug-likeness (QED) is 0.494. The van der Waals surface area contributed by atoms with Crippen molar-refractivity contribution in [1.82, 2.24) is 15.5 Å². The fourth-order valence-electron chi connectivity index (χ4n) is 4.51. The molecular weight excluding hydrogens is 402 g/mol. The molecule has 1 saturated heterocycles. The molecule has 1 heterocycles. The van der Waals surface area contributed by atoms with Gasteiger partial charge in [0.1, 0.15) is 6.54 Å². The lowest BCUT2D eigenvalue weighted by atomic mass is 9.83. The summed E-state index contributed by atoms with van der Waals surface area (Å²) in [5.74, 6) is -0.726. The minimum absolute atomic E-state index is 0.285. The summed E-state index contributed by atoms with van der Waals surface area (Å²) >= 11 is 0. The molecule has 0 bridgehead atoms. The van der Waals surface area contributed by atoms with Gasteiger partial charge < -0.3 is 10.6 Å². The van der Waals surface area contributed by atoms with Gasteiger partial charge in [0.15, 0.2) is 5.54 Å². The summed E-state index contributed by atoms with van der Waals surface area (Å²) in [7, 11) is 0. The fourth-order valence-corrected chi connectivity index (χ4v) is 4.51. The van der Waals surface area contributed by atoms with Crippen molar-refractivity contribution < 1.29 is 14.4 Å². The number of hydrogen-bond donors (Lipinski definition) is 2. The van der Waals surface area contributed by atoms with Gasteiger partial charge in [-0.1, -0.05) is 72.3 Å². The molecule has 2 N–H and O–H groups in total. The van der Waals surface area contributed by atoms with E-state index in [0.717, 1.165) is 29.7 Å². The highest BCUT2D eigenvalue weighted by Gasteiger charge is 2.52. The molecule has 0 saturated carbocycles. The van der Waals surface area contributed by atoms with E-state index in [1.807, 2.05) is 60.7 Å². The summed E-state index contributed by atoms with van der Waals surface area (Å²) in [4.78, 5) is 39.9. The van der Waals surface area contributed by atoms with E-state index in [-0.39, 0.29) is 12.5 Å². The van der Waals surface area contributed by atoms with Crippen LogP contribution in [0.1, 0.15) is 43.2 Å². The summed E-state index contributed by atoms with van der Waals surface area (Å²) in [5, 5.41) is 5.75. The number of carbonyl (C=O) groups is 3. The van der Waals surface area contributed by atoms with Gasteiger partial charge in [-0.3, -0.25) is 14.5 Å². The van der Waals surface area contributed by atoms with E-state index < -0.39 is 17.5 Å². The molecule has 2 aromatic rings. The van der Waals surface area contributed by atoms with E-state index in [1.54, 1.807) is 0 Å². The molecule has 32 heavy (non-hydrogen) atoms. The van der Waals surface area contributed by atoms with Crippen LogP contribution in [0.15, 0.2) is 72.3 Å². The predicted molar refractivity (Wildman–Crippen MR) is 123 cm³/mol. The summed E-state index contributed by atoms with van der Waals surface area (Å²) in [6.45, 7) is 0.231. The summed E-state index contributed by atoms with van der Waals surface area (Å²) in [6.07, 6.45) is 8.00. The van der Waals surface area contributed by atoms with Gasteiger partial charge in [0.25, 0.3) is 5.91 Å². The molecule has 0 radical (unpaired) electrons. The Morgan fingerprint density at radius 1 is 1.00 bits per heavy atom. The van der Waals surface area contributed by atoms with Gasteiger partial charge in [-0.25, -0.2) is 4.79 Å². The van der Waals surface area contributed by atoms with Gasteiger partial charge in [0.2, 0.25) is 5.91 Å². The Bertz CT molecular complexity index is 1000. The van der Waals surface area contributed by atoms with Crippen LogP contribution >= 0.6 is 0 Å². The lowest BCUT2D eigenvalue weighted by molar-refractivity contribution is -0.135. The first kappa shape index (κ1) is 21.8. The summed E-state index contributed by atoms with van der Waals surface area (Å²) in [6, 6.07) is 18.3. The number of carbonyl (C=O) groups excluding carboxylic acids is 3. The molecule has 1 aliphatic carbocycles. The highest BCUT2D eigenvalue weighted by Crippen LogP contribution is 2.33. The number of benzene rings is 2. The molecule has 6 heteroatoms. The molecule has 4 rings (SSSR count). The summed E-state index contributed by atoms with van der Waals surface area (Å²) in [5.41, 5.74) is 1.77. The van der Waals surface area contributed by atoms with Crippen LogP contribution < -0.4 is 10.6 Å². The van der Waals surface area contributed by atoms with E-state index >= 15 is 0 Å². The van der Waals surface area contributed by atoms with Crippen molar-refractivity contribution in [2.24, 2.45) is 0 Å². The second-order valence-corrected chi connectivity index (χ2v) is 8.46. The Morgan fingerprint density at radius 3 is 2.41 bits per heavy atom. The van der Waals surface area contributed by atoms with E-state index in [1.165, 1.54) is 18.4 Å². The van der Waals surface area contributed by atoms with Crippen LogP contribution in [-0.4, -0.2) is 35.8 Å². The minimum Gasteiger partial charge on any atom is -0.354 e. The summed E-state index contributed by atoms with van der Waals surface area (Å²) < 4.78 is 0. The number of nitrogens with one attached hydrogen (secondary N) is 2. The second-order valence-electron chi connectivity index (χ2n) is 8.46. The Morgan fingerprint density at radius 2 is 1.72 bits per heavy atom. The van der Waals surface area contributed by atoms with Crippen LogP contribution in [0, 0.1) is 0 Å². The zero-order valence-corrected chi connectivity index (χ0v) is 18.2. The molecule has 2 aliphatic rings. The number of amides is 4. The highest BCUT2D eigenvalue weighted by atomic mass is 16.2. The first-order valence-electron chi connectivity index (χ1n) is 11.3. The molecule has 0 unspecified atom stereocenters. The zero-order valence-electron chi connectivity index (χ0n) is 18.2. The fraction of sp³-hybridized carbons (Fsp3) is 0.346. The third-order valence-corrected chi connectivity index (χ3v) is 6.21. The maximum Gasteiger partial charge on any atom is 0.325 e. The van der Waals surface area contributed by atoms with Gasteiger partial charge in [-0.05, 0) is 43.2 Å². The van der Waals surface area contributed by atoms with Gasteiger partial charge in [0.05, 0.1) is 0 Å². The predicted octanol–water partition coefficient (Wildman–Crippen LogP) is 3.68. The van der Waals surface area contributed by atoms with Gasteiger partial charge in [-0.2, -0.15) is 0 Å². The molecule has 0 spiro atoms. The molecule has 4 amide bonds. The topological polar surface area (TPSA) is 78.5 Å². The maximum atomic E-state index is 13.6. The first-order valence-corrected chi connectivity index (χ1v) is 11.3. The van der Waals surface area contributed by atoms with Crippen LogP contribution in [0.5, 0.6) is 0 Å². The third-order valence-electron chi connectivity index (χ3n) is 6.21. The number of imide groups is 1. The molecule has 2 aromatic carbocycles. The normalized spacial score (nSPS) is 20.6. The largest absolute Gasteiger partial charge is 0.354 e. The van der Waals surface area contributed by atoms with Crippen LogP contribution in [-0.2, 0) is 21.5 Å². The average Bonchev–Trinajstić information content (AvgIpc) is 3.06. The molecule has 1 fully saturated rings. The van der Waals surface area contributed by atoms with E-state index in [2.05, 4.69) is 16.7 Å². The number of rotatable bonds is 8. The monoisotopic (exact) mass is 431 g/mol. The Balaban J connectivity index is 1.47. The van der Waals surface area contributed by atoms with Crippen molar-refractivity contribution in [2.75, 3.05) is 13.1 Å². The van der Waals surface area contributed by atoms with Crippen molar-refractivity contribution in [2.45, 2.75) is 44.1 Å². The SMILES string of the molecule is O=C(CN1C(=O)N[C@](Cc2ccccc2)(c2ccccc2)C1=O)NCCC1=CCCCC1. The molecule has 1 atom stereocenters. The van der Waals surface area contributed by atoms with Gasteiger partial charge in [-0.15, -0.1) is 0 Å². The minimum atomic E-state index is -1.23. The van der Waals surface area contributed by atoms with Crippen molar-refractivity contribution in [3.63, 3.8) is 0 Å². The average molecular weight is 432 g/mol. The first-order chi connectivity index (χ1) is 15.6. The van der Waals surface area contributed by atoms with Crippen LogP contribution in [0.3, 0.4) is 0 Å². The molecular formula is C26H29N3O3. The standard InChI is InChI=1S/C26H29N3O3/c30-23(27-17-16-20-10-4-1-5-11-20)19-29-24(31)26(28-25(29)32,22-14-8-3-9-15-22)18-21-12-6-2-7-13-21/h2-3,6-10,12-15H,1,4-5,11,16-19H2,(H,27,30)(H,28,32)/t26-/m1/s1. The van der Waals surface area contributed by atoms with E-state index in [4.69, 9.17) is 0 Å². The molecule has 166 valence electrons. The van der Waals surface area contributed by atoms with Gasteiger partial charge in [0, 0.05) is 13.0 Å². The van der Waals surface area contributed by atoms with Crippen molar-refractivity contribution in [1.29, 1.82) is 0 Å². The van der Waals surface area contributed by atoms with Crippen LogP contribution in [0.4, 0.5) is 4.79 Å². The van der Waals surface area contributed by atoms with Crippen molar-refractivity contribution in [3.8, 4) is 0 Å². The van der Waals surface area contributed by atoms with Crippen molar-refractivity contribution >= 4 is 17.8 Å². The highest BCUT2D eigenvalue weighted by molar-refractivity contribution is 6.09. The van der Waals surface area contributed by atoms with Crippen molar-refractivity contribution in [3.05, 3.63) is 83.4 Å². The number of urea groups is 1.